The van der Waals surface area contributed by atoms with Crippen LogP contribution < -0.4 is 0 Å². The highest BCUT2D eigenvalue weighted by atomic mass is 16.7. The van der Waals surface area contributed by atoms with Crippen molar-refractivity contribution in [3.63, 3.8) is 0 Å². The van der Waals surface area contributed by atoms with Crippen molar-refractivity contribution >= 4 is 0 Å². The molecule has 1 fully saturated rings. The van der Waals surface area contributed by atoms with E-state index in [1.165, 1.54) is 32.1 Å². The van der Waals surface area contributed by atoms with Gasteiger partial charge in [-0.05, 0) is 12.8 Å². The van der Waals surface area contributed by atoms with Crippen LogP contribution in [-0.2, 0) is 9.47 Å². The van der Waals surface area contributed by atoms with Crippen LogP contribution >= 0.6 is 0 Å². The van der Waals surface area contributed by atoms with Crippen LogP contribution in [0.25, 0.3) is 0 Å². The molecule has 0 saturated carbocycles. The highest BCUT2D eigenvalue weighted by molar-refractivity contribution is 4.65. The Hall–Kier alpha value is -0.120. The molecule has 0 N–H and O–H groups in total. The molecule has 0 spiro atoms. The molecule has 1 heterocycles. The Balaban J connectivity index is 2.05. The van der Waals surface area contributed by atoms with Crippen LogP contribution in [0, 0.1) is 0 Å². The lowest BCUT2D eigenvalue weighted by Gasteiger charge is -2.26. The second kappa shape index (κ2) is 7.34. The smallest absolute Gasteiger partial charge is 0.158 e. The van der Waals surface area contributed by atoms with Crippen LogP contribution in [0.3, 0.4) is 0 Å². The van der Waals surface area contributed by atoms with E-state index in [1.54, 1.807) is 0 Å². The first-order chi connectivity index (χ1) is 8.01. The molecule has 0 aromatic rings. The molecule has 1 aliphatic heterocycles. The average Bonchev–Trinajstić information content (AvgIpc) is 2.63. The summed E-state index contributed by atoms with van der Waals surface area (Å²) >= 11 is 0. The minimum absolute atomic E-state index is 0.0631. The normalized spacial score (nSPS) is 25.4. The van der Waals surface area contributed by atoms with Gasteiger partial charge in [-0.15, -0.1) is 0 Å². The number of quaternary nitrogens is 1. The zero-order valence-electron chi connectivity index (χ0n) is 12.1. The van der Waals surface area contributed by atoms with Crippen LogP contribution in [0.5, 0.6) is 0 Å². The maximum Gasteiger partial charge on any atom is 0.158 e. The molecular formula is C14H30NO2+. The minimum atomic E-state index is 0.0631. The molecule has 3 heteroatoms. The SMILES string of the molecule is CCCCCCCC1OCC(C[N+](C)(C)C)O1. The summed E-state index contributed by atoms with van der Waals surface area (Å²) in [6, 6.07) is 0. The number of ether oxygens (including phenoxy) is 2. The zero-order chi connectivity index (χ0) is 12.7. The maximum atomic E-state index is 5.91. The van der Waals surface area contributed by atoms with Gasteiger partial charge in [0.05, 0.1) is 27.7 Å². The standard InChI is InChI=1S/C14H30NO2/c1-5-6-7-8-9-10-14-16-12-13(17-14)11-15(2,3)4/h13-14H,5-12H2,1-4H3/q+1. The van der Waals surface area contributed by atoms with Crippen LogP contribution in [0.2, 0.25) is 0 Å². The molecule has 1 saturated heterocycles. The van der Waals surface area contributed by atoms with E-state index in [9.17, 15) is 0 Å². The highest BCUT2D eigenvalue weighted by Crippen LogP contribution is 2.19. The number of likely N-dealkylation sites (N-methyl/N-ethyl adjacent to an activating group) is 1. The summed E-state index contributed by atoms with van der Waals surface area (Å²) in [5, 5.41) is 0. The fraction of sp³-hybridized carbons (Fsp3) is 1.00. The highest BCUT2D eigenvalue weighted by Gasteiger charge is 2.29. The number of rotatable bonds is 8. The second-order valence-corrected chi connectivity index (χ2v) is 6.20. The predicted octanol–water partition coefficient (Wildman–Crippen LogP) is 2.79. The molecule has 2 atom stereocenters. The van der Waals surface area contributed by atoms with Gasteiger partial charge in [-0.2, -0.15) is 0 Å². The molecule has 102 valence electrons. The van der Waals surface area contributed by atoms with Crippen molar-refractivity contribution < 1.29 is 14.0 Å². The first-order valence-electron chi connectivity index (χ1n) is 7.09. The Morgan fingerprint density at radius 2 is 1.76 bits per heavy atom. The van der Waals surface area contributed by atoms with Crippen molar-refractivity contribution in [3.05, 3.63) is 0 Å². The molecular weight excluding hydrogens is 214 g/mol. The van der Waals surface area contributed by atoms with E-state index in [0.29, 0.717) is 0 Å². The van der Waals surface area contributed by atoms with Crippen LogP contribution in [-0.4, -0.2) is 51.2 Å². The van der Waals surface area contributed by atoms with Gasteiger partial charge in [0, 0.05) is 0 Å². The van der Waals surface area contributed by atoms with Gasteiger partial charge in [0.25, 0.3) is 0 Å². The number of nitrogens with zero attached hydrogens (tertiary/aromatic N) is 1. The molecule has 0 bridgehead atoms. The third kappa shape index (κ3) is 7.02. The molecule has 0 radical (unpaired) electrons. The third-order valence-corrected chi connectivity index (χ3v) is 3.11. The Morgan fingerprint density at radius 3 is 2.41 bits per heavy atom. The van der Waals surface area contributed by atoms with Crippen molar-refractivity contribution in [2.45, 2.75) is 57.8 Å². The van der Waals surface area contributed by atoms with Gasteiger partial charge >= 0.3 is 0 Å². The van der Waals surface area contributed by atoms with Gasteiger partial charge in [0.2, 0.25) is 0 Å². The summed E-state index contributed by atoms with van der Waals surface area (Å²) in [6.45, 7) is 4.06. The van der Waals surface area contributed by atoms with Gasteiger partial charge in [-0.1, -0.05) is 32.6 Å². The van der Waals surface area contributed by atoms with E-state index >= 15 is 0 Å². The zero-order valence-corrected chi connectivity index (χ0v) is 12.1. The van der Waals surface area contributed by atoms with Crippen LogP contribution in [0.4, 0.5) is 0 Å². The lowest BCUT2D eigenvalue weighted by molar-refractivity contribution is -0.873. The summed E-state index contributed by atoms with van der Waals surface area (Å²) in [5.74, 6) is 0. The van der Waals surface area contributed by atoms with E-state index in [4.69, 9.17) is 9.47 Å². The summed E-state index contributed by atoms with van der Waals surface area (Å²) in [7, 11) is 6.59. The van der Waals surface area contributed by atoms with E-state index in [2.05, 4.69) is 28.1 Å². The quantitative estimate of drug-likeness (QED) is 0.483. The molecule has 2 unspecified atom stereocenters. The molecule has 1 aliphatic rings. The lowest BCUT2D eigenvalue weighted by atomic mass is 10.1. The third-order valence-electron chi connectivity index (χ3n) is 3.11. The maximum absolute atomic E-state index is 5.91. The van der Waals surface area contributed by atoms with Crippen molar-refractivity contribution in [2.24, 2.45) is 0 Å². The first kappa shape index (κ1) is 14.9. The lowest BCUT2D eigenvalue weighted by Crippen LogP contribution is -2.42. The Labute approximate surface area is 107 Å². The Kier molecular flexibility index (Phi) is 6.45. The molecule has 0 aromatic heterocycles. The van der Waals surface area contributed by atoms with E-state index in [0.717, 1.165) is 24.1 Å². The Bertz CT molecular complexity index is 201. The average molecular weight is 244 g/mol. The van der Waals surface area contributed by atoms with Crippen LogP contribution in [0.1, 0.15) is 45.4 Å². The fourth-order valence-electron chi connectivity index (χ4n) is 2.28. The summed E-state index contributed by atoms with van der Waals surface area (Å²) in [5.41, 5.74) is 0. The van der Waals surface area contributed by atoms with Gasteiger partial charge < -0.3 is 14.0 Å². The molecule has 1 rings (SSSR count). The number of unbranched alkanes of at least 4 members (excludes halogenated alkanes) is 4. The predicted molar refractivity (Wildman–Crippen MR) is 70.9 cm³/mol. The van der Waals surface area contributed by atoms with E-state index < -0.39 is 0 Å². The summed E-state index contributed by atoms with van der Waals surface area (Å²) < 4.78 is 12.5. The van der Waals surface area contributed by atoms with Gasteiger partial charge in [-0.25, -0.2) is 0 Å². The largest absolute Gasteiger partial charge is 0.350 e. The molecule has 0 aromatic carbocycles. The van der Waals surface area contributed by atoms with Crippen molar-refractivity contribution in [2.75, 3.05) is 34.3 Å². The van der Waals surface area contributed by atoms with Gasteiger partial charge in [0.1, 0.15) is 12.6 Å². The van der Waals surface area contributed by atoms with Crippen LogP contribution in [0.15, 0.2) is 0 Å². The summed E-state index contributed by atoms with van der Waals surface area (Å²) in [4.78, 5) is 0. The second-order valence-electron chi connectivity index (χ2n) is 6.20. The Morgan fingerprint density at radius 1 is 1.06 bits per heavy atom. The topological polar surface area (TPSA) is 18.5 Å². The number of hydrogen-bond donors (Lipinski definition) is 0. The molecule has 17 heavy (non-hydrogen) atoms. The van der Waals surface area contributed by atoms with Gasteiger partial charge in [-0.3, -0.25) is 0 Å². The monoisotopic (exact) mass is 244 g/mol. The van der Waals surface area contributed by atoms with Crippen molar-refractivity contribution in [1.29, 1.82) is 0 Å². The van der Waals surface area contributed by atoms with E-state index in [-0.39, 0.29) is 12.4 Å². The van der Waals surface area contributed by atoms with Crippen molar-refractivity contribution in [3.8, 4) is 0 Å². The van der Waals surface area contributed by atoms with Gasteiger partial charge in [0.15, 0.2) is 6.29 Å². The molecule has 3 nitrogen and oxygen atoms in total. The minimum Gasteiger partial charge on any atom is -0.350 e. The number of hydrogen-bond acceptors (Lipinski definition) is 2. The summed E-state index contributed by atoms with van der Waals surface area (Å²) in [6.07, 6.45) is 7.99. The first-order valence-corrected chi connectivity index (χ1v) is 7.09. The van der Waals surface area contributed by atoms with Crippen molar-refractivity contribution in [1.82, 2.24) is 0 Å². The molecule has 0 aliphatic carbocycles. The fourth-order valence-corrected chi connectivity index (χ4v) is 2.28. The molecule has 0 amide bonds. The van der Waals surface area contributed by atoms with E-state index in [1.807, 2.05) is 0 Å².